The third-order valence-corrected chi connectivity index (χ3v) is 9.44. The van der Waals surface area contributed by atoms with Crippen molar-refractivity contribution in [2.24, 2.45) is 0 Å². The average Bonchev–Trinajstić information content (AvgIpc) is 3.30. The van der Waals surface area contributed by atoms with Gasteiger partial charge in [-0.2, -0.15) is 4.58 Å². The lowest BCUT2D eigenvalue weighted by Crippen LogP contribution is -2.28. The third kappa shape index (κ3) is 7.58. The van der Waals surface area contributed by atoms with Gasteiger partial charge < -0.3 is 16.4 Å². The standard InChI is InChI=1S/C31H42N4O6S2/c1-30(2)24-20-22(32)12-14-26(24)34(16-5-7-18-42-40-38-36)28(30)10-9-11-29-31(3,4)25-21-23(33)13-15-27(25)35(29)17-6-8-19-43-41-39-37/h9-15,20-21H,5-8,16-19,32-33H2,1-4H3,(H-,36,37)/p+1. The van der Waals surface area contributed by atoms with Crippen LogP contribution in [0.25, 0.3) is 0 Å². The Labute approximate surface area is 262 Å². The summed E-state index contributed by atoms with van der Waals surface area (Å²) < 4.78 is 11.4. The first-order valence-corrected chi connectivity index (χ1v) is 16.3. The van der Waals surface area contributed by atoms with Crippen LogP contribution in [0.1, 0.15) is 64.5 Å². The van der Waals surface area contributed by atoms with E-state index in [9.17, 15) is 0 Å². The molecule has 10 nitrogen and oxygen atoms in total. The van der Waals surface area contributed by atoms with Gasteiger partial charge in [-0.05, 0) is 75.1 Å². The van der Waals surface area contributed by atoms with Crippen LogP contribution in [0.2, 0.25) is 0 Å². The van der Waals surface area contributed by atoms with Crippen LogP contribution >= 0.6 is 24.1 Å². The zero-order valence-corrected chi connectivity index (χ0v) is 26.9. The Morgan fingerprint density at radius 3 is 2.14 bits per heavy atom. The molecule has 234 valence electrons. The molecule has 4 rings (SSSR count). The van der Waals surface area contributed by atoms with Crippen molar-refractivity contribution in [1.82, 2.24) is 0 Å². The van der Waals surface area contributed by atoms with E-state index in [2.05, 4.69) is 98.4 Å². The average molecular weight is 632 g/mol. The van der Waals surface area contributed by atoms with Gasteiger partial charge >= 0.3 is 0 Å². The van der Waals surface area contributed by atoms with Gasteiger partial charge in [-0.3, -0.25) is 0 Å². The first-order valence-electron chi connectivity index (χ1n) is 14.4. The summed E-state index contributed by atoms with van der Waals surface area (Å²) in [5, 5.41) is 24.1. The van der Waals surface area contributed by atoms with Crippen molar-refractivity contribution in [2.75, 3.05) is 41.0 Å². The number of hydrogen-bond acceptors (Lipinski definition) is 11. The van der Waals surface area contributed by atoms with Gasteiger partial charge in [-0.1, -0.05) is 30.0 Å². The van der Waals surface area contributed by atoms with E-state index in [1.54, 1.807) is 0 Å². The molecule has 2 heterocycles. The van der Waals surface area contributed by atoms with Crippen LogP contribution in [0, 0.1) is 0 Å². The van der Waals surface area contributed by atoms with Crippen molar-refractivity contribution in [3.63, 3.8) is 0 Å². The molecule has 0 spiro atoms. The van der Waals surface area contributed by atoms with E-state index < -0.39 is 0 Å². The Morgan fingerprint density at radius 1 is 0.837 bits per heavy atom. The first kappa shape index (κ1) is 33.3. The van der Waals surface area contributed by atoms with Gasteiger partial charge in [0.05, 0.1) is 5.41 Å². The van der Waals surface area contributed by atoms with Crippen molar-refractivity contribution in [2.45, 2.75) is 64.2 Å². The van der Waals surface area contributed by atoms with E-state index in [4.69, 9.17) is 22.0 Å². The number of nitrogens with two attached hydrogens (primary N) is 2. The number of rotatable bonds is 16. The molecule has 43 heavy (non-hydrogen) atoms. The molecule has 0 unspecified atom stereocenters. The predicted octanol–water partition coefficient (Wildman–Crippen LogP) is 7.16. The molecule has 0 fully saturated rings. The monoisotopic (exact) mass is 631 g/mol. The minimum atomic E-state index is -0.234. The molecule has 2 aromatic rings. The molecule has 0 aliphatic carbocycles. The first-order chi connectivity index (χ1) is 20.6. The molecule has 12 heteroatoms. The summed E-state index contributed by atoms with van der Waals surface area (Å²) >= 11 is 2.17. The lowest BCUT2D eigenvalue weighted by Gasteiger charge is -2.27. The molecule has 0 bridgehead atoms. The van der Waals surface area contributed by atoms with Crippen molar-refractivity contribution >= 4 is 52.5 Å². The van der Waals surface area contributed by atoms with Crippen LogP contribution in [0.15, 0.2) is 60.3 Å². The normalized spacial score (nSPS) is 17.8. The van der Waals surface area contributed by atoms with Crippen molar-refractivity contribution in [1.29, 1.82) is 0 Å². The molecule has 6 N–H and O–H groups in total. The molecule has 0 saturated carbocycles. The van der Waals surface area contributed by atoms with E-state index in [0.717, 1.165) is 74.2 Å². The number of benzene rings is 2. The summed E-state index contributed by atoms with van der Waals surface area (Å²) in [7, 11) is 0. The predicted molar refractivity (Wildman–Crippen MR) is 175 cm³/mol. The summed E-state index contributed by atoms with van der Waals surface area (Å²) in [4.78, 5) is 2.39. The highest BCUT2D eigenvalue weighted by atomic mass is 32.2. The summed E-state index contributed by atoms with van der Waals surface area (Å²) in [6.45, 7) is 10.6. The minimum absolute atomic E-state index is 0.234. The quantitative estimate of drug-likeness (QED) is 0.0375. The Bertz CT molecular complexity index is 1360. The van der Waals surface area contributed by atoms with Crippen LogP contribution in [0.4, 0.5) is 22.7 Å². The smallest absolute Gasteiger partial charge is 0.209 e. The van der Waals surface area contributed by atoms with Gasteiger partial charge in [0.2, 0.25) is 5.69 Å². The van der Waals surface area contributed by atoms with Gasteiger partial charge in [-0.25, -0.2) is 10.5 Å². The zero-order valence-electron chi connectivity index (χ0n) is 25.2. The van der Waals surface area contributed by atoms with Crippen LogP contribution in [0.3, 0.4) is 0 Å². The summed E-state index contributed by atoms with van der Waals surface area (Å²) in [5.41, 5.74) is 20.7. The summed E-state index contributed by atoms with van der Waals surface area (Å²) in [6, 6.07) is 12.3. The lowest BCUT2D eigenvalue weighted by atomic mass is 9.81. The number of nitrogen functional groups attached to an aromatic ring is 2. The molecule has 0 saturated heterocycles. The molecule has 2 aliphatic rings. The van der Waals surface area contributed by atoms with Gasteiger partial charge in [0.1, 0.15) is 6.54 Å². The molecule has 2 aliphatic heterocycles. The second-order valence-electron chi connectivity index (χ2n) is 11.7. The Hall–Kier alpha value is -2.55. The van der Waals surface area contributed by atoms with E-state index in [1.807, 2.05) is 12.1 Å². The maximum absolute atomic E-state index is 8.37. The van der Waals surface area contributed by atoms with E-state index in [1.165, 1.54) is 33.9 Å². The SMILES string of the molecule is CC1(C)C(/C=C/C=C2/N(CCCCSOOO)c3ccc(N)cc3C2(C)C)=[N+](CCCCSOOO)c2ccc(N)cc21. The Morgan fingerprint density at radius 2 is 1.47 bits per heavy atom. The highest BCUT2D eigenvalue weighted by Crippen LogP contribution is 2.48. The Kier molecular flexibility index (Phi) is 11.6. The van der Waals surface area contributed by atoms with Gasteiger partial charge in [0.25, 0.3) is 0 Å². The van der Waals surface area contributed by atoms with E-state index in [0.29, 0.717) is 11.5 Å². The van der Waals surface area contributed by atoms with Crippen molar-refractivity contribution in [3.05, 3.63) is 71.5 Å². The maximum atomic E-state index is 8.37. The largest absolute Gasteiger partial charge is 0.399 e. The summed E-state index contributed by atoms with van der Waals surface area (Å²) in [5.74, 6) is 1.42. The fourth-order valence-electron chi connectivity index (χ4n) is 6.07. The van der Waals surface area contributed by atoms with Gasteiger partial charge in [0.15, 0.2) is 5.71 Å². The van der Waals surface area contributed by atoms with E-state index >= 15 is 0 Å². The van der Waals surface area contributed by atoms with Gasteiger partial charge in [0, 0.05) is 94.4 Å². The van der Waals surface area contributed by atoms with Crippen LogP contribution < -0.4 is 16.4 Å². The Balaban J connectivity index is 1.62. The fraction of sp³-hybridized carbons (Fsp3) is 0.452. The molecular weight excluding hydrogens is 588 g/mol. The van der Waals surface area contributed by atoms with Crippen molar-refractivity contribution < 1.29 is 33.8 Å². The number of anilines is 3. The number of hydrogen-bond donors (Lipinski definition) is 4. The highest BCUT2D eigenvalue weighted by Gasteiger charge is 2.44. The van der Waals surface area contributed by atoms with Crippen molar-refractivity contribution in [3.8, 4) is 0 Å². The molecule has 0 aromatic heterocycles. The second-order valence-corrected chi connectivity index (χ2v) is 13.3. The highest BCUT2D eigenvalue weighted by molar-refractivity contribution is 7.94. The van der Waals surface area contributed by atoms with Crippen LogP contribution in [-0.2, 0) is 29.6 Å². The molecule has 0 radical (unpaired) electrons. The molecule has 0 amide bonds. The van der Waals surface area contributed by atoms with Crippen LogP contribution in [0.5, 0.6) is 0 Å². The molecular formula is C31H43N4O6S2+. The zero-order chi connectivity index (χ0) is 31.0. The van der Waals surface area contributed by atoms with E-state index in [-0.39, 0.29) is 10.8 Å². The fourth-order valence-corrected chi connectivity index (χ4v) is 6.94. The number of nitrogens with zero attached hydrogens (tertiary/aromatic N) is 2. The maximum Gasteiger partial charge on any atom is 0.209 e. The number of unbranched alkanes of at least 4 members (excludes halogenated alkanes) is 2. The molecule has 0 atom stereocenters. The number of fused-ring (bicyclic) bond motifs is 2. The topological polar surface area (TPSA) is 136 Å². The molecule has 2 aromatic carbocycles. The minimum Gasteiger partial charge on any atom is -0.399 e. The summed E-state index contributed by atoms with van der Waals surface area (Å²) in [6.07, 6.45) is 10.3. The third-order valence-electron chi connectivity index (χ3n) is 8.22. The van der Waals surface area contributed by atoms with Gasteiger partial charge in [-0.15, -0.1) is 8.67 Å². The number of allylic oxidation sites excluding steroid dienone is 4. The lowest BCUT2D eigenvalue weighted by molar-refractivity contribution is -0.438. The van der Waals surface area contributed by atoms with Crippen LogP contribution in [-0.4, -0.2) is 45.4 Å². The second kappa shape index (κ2) is 15.0.